The third-order valence-corrected chi connectivity index (χ3v) is 4.70. The summed E-state index contributed by atoms with van der Waals surface area (Å²) in [7, 11) is 0. The molecule has 17 heavy (non-hydrogen) atoms. The van der Waals surface area contributed by atoms with E-state index >= 15 is 0 Å². The standard InChI is InChI=1S/C13H19N3O/c14-7-10-5-9-6-11(9)16(10)13(17)12(15)8-3-1-2-4-8/h8-12H,1-6,15H2/t9-,10-,11+,12-/m0/s1. The smallest absolute Gasteiger partial charge is 0.241 e. The highest BCUT2D eigenvalue weighted by Crippen LogP contribution is 2.48. The topological polar surface area (TPSA) is 70.1 Å². The van der Waals surface area contributed by atoms with E-state index in [0.717, 1.165) is 25.7 Å². The van der Waals surface area contributed by atoms with Gasteiger partial charge < -0.3 is 10.6 Å². The second-order valence-corrected chi connectivity index (χ2v) is 5.76. The summed E-state index contributed by atoms with van der Waals surface area (Å²) < 4.78 is 0. The van der Waals surface area contributed by atoms with E-state index in [2.05, 4.69) is 6.07 Å². The van der Waals surface area contributed by atoms with Crippen LogP contribution >= 0.6 is 0 Å². The highest BCUT2D eigenvalue weighted by Gasteiger charge is 2.55. The Morgan fingerprint density at radius 1 is 1.35 bits per heavy atom. The van der Waals surface area contributed by atoms with Crippen LogP contribution in [0, 0.1) is 23.2 Å². The highest BCUT2D eigenvalue weighted by molar-refractivity contribution is 5.83. The van der Waals surface area contributed by atoms with E-state index in [0.29, 0.717) is 17.9 Å². The molecule has 3 fully saturated rings. The van der Waals surface area contributed by atoms with Crippen molar-refractivity contribution in [1.29, 1.82) is 5.26 Å². The van der Waals surface area contributed by atoms with Crippen LogP contribution in [0.2, 0.25) is 0 Å². The van der Waals surface area contributed by atoms with Crippen LogP contribution < -0.4 is 5.73 Å². The number of rotatable bonds is 2. The number of piperidine rings is 1. The lowest BCUT2D eigenvalue weighted by Crippen LogP contribution is -2.50. The van der Waals surface area contributed by atoms with Gasteiger partial charge >= 0.3 is 0 Å². The van der Waals surface area contributed by atoms with Crippen molar-refractivity contribution in [2.24, 2.45) is 17.6 Å². The summed E-state index contributed by atoms with van der Waals surface area (Å²) in [6.45, 7) is 0. The van der Waals surface area contributed by atoms with Gasteiger partial charge in [0, 0.05) is 6.04 Å². The molecule has 92 valence electrons. The number of nitrogens with zero attached hydrogens (tertiary/aromatic N) is 2. The molecule has 0 aromatic heterocycles. The number of carbonyl (C=O) groups is 1. The molecule has 3 aliphatic rings. The fourth-order valence-corrected chi connectivity index (χ4v) is 3.58. The molecule has 2 saturated carbocycles. The average molecular weight is 233 g/mol. The van der Waals surface area contributed by atoms with Crippen molar-refractivity contribution in [2.75, 3.05) is 0 Å². The number of nitrogens with two attached hydrogens (primary N) is 1. The first-order chi connectivity index (χ1) is 8.22. The van der Waals surface area contributed by atoms with Gasteiger partial charge in [-0.3, -0.25) is 4.79 Å². The summed E-state index contributed by atoms with van der Waals surface area (Å²) in [5.41, 5.74) is 6.10. The first-order valence-electron chi connectivity index (χ1n) is 6.69. The first-order valence-corrected chi connectivity index (χ1v) is 6.69. The van der Waals surface area contributed by atoms with E-state index in [-0.39, 0.29) is 18.0 Å². The third-order valence-electron chi connectivity index (χ3n) is 4.70. The molecule has 0 radical (unpaired) electrons. The lowest BCUT2D eigenvalue weighted by Gasteiger charge is -2.28. The molecular weight excluding hydrogens is 214 g/mol. The zero-order chi connectivity index (χ0) is 12.0. The summed E-state index contributed by atoms with van der Waals surface area (Å²) in [5.74, 6) is 0.965. The van der Waals surface area contributed by atoms with Crippen molar-refractivity contribution >= 4 is 5.91 Å². The number of likely N-dealkylation sites (tertiary alicyclic amines) is 1. The van der Waals surface area contributed by atoms with Crippen LogP contribution in [-0.4, -0.2) is 28.9 Å². The van der Waals surface area contributed by atoms with Gasteiger partial charge in [-0.25, -0.2) is 0 Å². The molecule has 4 heteroatoms. The molecule has 4 atom stereocenters. The fourth-order valence-electron chi connectivity index (χ4n) is 3.58. The minimum absolute atomic E-state index is 0.0356. The fraction of sp³-hybridized carbons (Fsp3) is 0.846. The van der Waals surface area contributed by atoms with Crippen molar-refractivity contribution < 1.29 is 4.79 Å². The number of hydrogen-bond acceptors (Lipinski definition) is 3. The number of amides is 1. The van der Waals surface area contributed by atoms with E-state index in [9.17, 15) is 4.79 Å². The Morgan fingerprint density at radius 3 is 2.71 bits per heavy atom. The van der Waals surface area contributed by atoms with Crippen molar-refractivity contribution in [3.05, 3.63) is 0 Å². The quantitative estimate of drug-likeness (QED) is 0.774. The van der Waals surface area contributed by atoms with Gasteiger partial charge in [-0.05, 0) is 37.5 Å². The van der Waals surface area contributed by atoms with E-state index in [1.54, 1.807) is 4.90 Å². The molecule has 1 aliphatic heterocycles. The minimum atomic E-state index is -0.368. The van der Waals surface area contributed by atoms with Gasteiger partial charge in [0.2, 0.25) is 5.91 Å². The molecule has 2 aliphatic carbocycles. The molecular formula is C13H19N3O. The Hall–Kier alpha value is -1.08. The molecule has 0 aromatic rings. The normalized spacial score (nSPS) is 37.6. The maximum Gasteiger partial charge on any atom is 0.241 e. The number of hydrogen-bond donors (Lipinski definition) is 1. The molecule has 1 saturated heterocycles. The van der Waals surface area contributed by atoms with Gasteiger partial charge in [-0.1, -0.05) is 12.8 Å². The summed E-state index contributed by atoms with van der Waals surface area (Å²) in [4.78, 5) is 14.2. The molecule has 0 bridgehead atoms. The van der Waals surface area contributed by atoms with Crippen LogP contribution in [0.4, 0.5) is 0 Å². The minimum Gasteiger partial charge on any atom is -0.322 e. The van der Waals surface area contributed by atoms with E-state index in [1.165, 1.54) is 12.8 Å². The molecule has 0 spiro atoms. The van der Waals surface area contributed by atoms with E-state index in [1.807, 2.05) is 0 Å². The van der Waals surface area contributed by atoms with Gasteiger partial charge in [0.05, 0.1) is 12.1 Å². The van der Waals surface area contributed by atoms with Crippen LogP contribution in [0.25, 0.3) is 0 Å². The Kier molecular flexibility index (Phi) is 2.59. The highest BCUT2D eigenvalue weighted by atomic mass is 16.2. The van der Waals surface area contributed by atoms with Crippen LogP contribution in [0.1, 0.15) is 38.5 Å². The molecule has 2 N–H and O–H groups in total. The first kappa shape index (κ1) is 11.0. The van der Waals surface area contributed by atoms with E-state index in [4.69, 9.17) is 11.0 Å². The zero-order valence-corrected chi connectivity index (χ0v) is 10.0. The predicted octanol–water partition coefficient (Wildman–Crippen LogP) is 1.02. The van der Waals surface area contributed by atoms with Crippen LogP contribution in [-0.2, 0) is 4.79 Å². The van der Waals surface area contributed by atoms with Crippen molar-refractivity contribution in [2.45, 2.75) is 56.7 Å². The summed E-state index contributed by atoms with van der Waals surface area (Å²) in [5, 5.41) is 9.09. The Labute approximate surface area is 102 Å². The van der Waals surface area contributed by atoms with Crippen molar-refractivity contribution in [3.63, 3.8) is 0 Å². The van der Waals surface area contributed by atoms with Crippen molar-refractivity contribution in [1.82, 2.24) is 4.90 Å². The van der Waals surface area contributed by atoms with Gasteiger partial charge in [0.25, 0.3) is 0 Å². The van der Waals surface area contributed by atoms with Crippen molar-refractivity contribution in [3.8, 4) is 6.07 Å². The number of carbonyl (C=O) groups excluding carboxylic acids is 1. The average Bonchev–Trinajstić information content (AvgIpc) is 2.83. The Bertz CT molecular complexity index is 369. The maximum atomic E-state index is 12.4. The summed E-state index contributed by atoms with van der Waals surface area (Å²) >= 11 is 0. The van der Waals surface area contributed by atoms with Gasteiger partial charge in [0.1, 0.15) is 6.04 Å². The summed E-state index contributed by atoms with van der Waals surface area (Å²) in [6.07, 6.45) is 6.49. The largest absolute Gasteiger partial charge is 0.322 e. The Balaban J connectivity index is 1.70. The zero-order valence-electron chi connectivity index (χ0n) is 10.0. The lowest BCUT2D eigenvalue weighted by molar-refractivity contribution is -0.134. The second kappa shape index (κ2) is 3.99. The second-order valence-electron chi connectivity index (χ2n) is 5.76. The van der Waals surface area contributed by atoms with Gasteiger partial charge in [0.15, 0.2) is 0 Å². The molecule has 0 aromatic carbocycles. The van der Waals surface area contributed by atoms with Gasteiger partial charge in [-0.2, -0.15) is 5.26 Å². The SMILES string of the molecule is N#C[C@@H]1C[C@H]2C[C@H]2N1C(=O)[C@@H](N)C1CCCC1. The van der Waals surface area contributed by atoms with Crippen LogP contribution in [0.3, 0.4) is 0 Å². The lowest BCUT2D eigenvalue weighted by atomic mass is 9.97. The molecule has 3 rings (SSSR count). The van der Waals surface area contributed by atoms with Gasteiger partial charge in [-0.15, -0.1) is 0 Å². The molecule has 1 heterocycles. The predicted molar refractivity (Wildman–Crippen MR) is 62.7 cm³/mol. The maximum absolute atomic E-state index is 12.4. The third kappa shape index (κ3) is 1.73. The monoisotopic (exact) mass is 233 g/mol. The van der Waals surface area contributed by atoms with Crippen LogP contribution in [0.5, 0.6) is 0 Å². The van der Waals surface area contributed by atoms with E-state index < -0.39 is 0 Å². The molecule has 0 unspecified atom stereocenters. The Morgan fingerprint density at radius 2 is 2.06 bits per heavy atom. The number of fused-ring (bicyclic) bond motifs is 1. The molecule has 4 nitrogen and oxygen atoms in total. The molecule has 1 amide bonds. The van der Waals surface area contributed by atoms with Crippen LogP contribution in [0.15, 0.2) is 0 Å². The number of nitriles is 1. The summed E-state index contributed by atoms with van der Waals surface area (Å²) in [6, 6.07) is 2.01.